The fourth-order valence-electron chi connectivity index (χ4n) is 1.40. The minimum atomic E-state index is 0.382. The molecule has 0 aliphatic rings. The molecule has 6 heteroatoms. The molecule has 0 spiro atoms. The van der Waals surface area contributed by atoms with Crippen LogP contribution in [0.2, 0.25) is 0 Å². The zero-order chi connectivity index (χ0) is 12.1. The summed E-state index contributed by atoms with van der Waals surface area (Å²) in [5.74, 6) is 6.32. The van der Waals surface area contributed by atoms with Gasteiger partial charge in [-0.1, -0.05) is 6.07 Å². The second-order valence-electron chi connectivity index (χ2n) is 3.53. The van der Waals surface area contributed by atoms with E-state index < -0.39 is 0 Å². The van der Waals surface area contributed by atoms with Crippen LogP contribution in [0, 0.1) is 6.92 Å². The Morgan fingerprint density at radius 1 is 1.24 bits per heavy atom. The van der Waals surface area contributed by atoms with Gasteiger partial charge in [0, 0.05) is 12.4 Å². The predicted molar refractivity (Wildman–Crippen MR) is 66.1 cm³/mol. The number of nitrogens with two attached hydrogens (primary N) is 1. The lowest BCUT2D eigenvalue weighted by Gasteiger charge is -2.07. The summed E-state index contributed by atoms with van der Waals surface area (Å²) in [7, 11) is 0. The first-order valence-electron chi connectivity index (χ1n) is 5.23. The zero-order valence-electron chi connectivity index (χ0n) is 9.51. The number of aromatic nitrogens is 3. The second kappa shape index (κ2) is 5.22. The molecule has 0 atom stereocenters. The van der Waals surface area contributed by atoms with Crippen LogP contribution in [-0.4, -0.2) is 15.0 Å². The fourth-order valence-corrected chi connectivity index (χ4v) is 1.40. The summed E-state index contributed by atoms with van der Waals surface area (Å²) in [6.45, 7) is 2.64. The van der Waals surface area contributed by atoms with Gasteiger partial charge in [0.25, 0.3) is 0 Å². The third-order valence-electron chi connectivity index (χ3n) is 2.34. The molecule has 2 aromatic rings. The van der Waals surface area contributed by atoms with E-state index >= 15 is 0 Å². The van der Waals surface area contributed by atoms with Gasteiger partial charge in [-0.05, 0) is 24.6 Å². The molecule has 0 amide bonds. The van der Waals surface area contributed by atoms with Crippen LogP contribution in [0.1, 0.15) is 11.3 Å². The number of aryl methyl sites for hydroxylation is 1. The van der Waals surface area contributed by atoms with Gasteiger partial charge in [-0.15, -0.1) is 0 Å². The molecule has 2 heterocycles. The van der Waals surface area contributed by atoms with Gasteiger partial charge in [0.2, 0.25) is 5.95 Å². The molecule has 88 valence electrons. The van der Waals surface area contributed by atoms with Gasteiger partial charge < -0.3 is 5.32 Å². The highest BCUT2D eigenvalue weighted by atomic mass is 15.3. The molecular weight excluding hydrogens is 216 g/mol. The zero-order valence-corrected chi connectivity index (χ0v) is 9.51. The predicted octanol–water partition coefficient (Wildman–Crippen LogP) is 1.08. The van der Waals surface area contributed by atoms with Crippen molar-refractivity contribution in [1.82, 2.24) is 15.0 Å². The van der Waals surface area contributed by atoms with Gasteiger partial charge in [-0.2, -0.15) is 4.98 Å². The molecule has 0 saturated heterocycles. The first-order valence-corrected chi connectivity index (χ1v) is 5.23. The first kappa shape index (κ1) is 11.3. The average Bonchev–Trinajstić information content (AvgIpc) is 2.38. The largest absolute Gasteiger partial charge is 0.364 e. The van der Waals surface area contributed by atoms with E-state index in [-0.39, 0.29) is 0 Å². The van der Waals surface area contributed by atoms with Crippen LogP contribution in [0.4, 0.5) is 11.8 Å². The summed E-state index contributed by atoms with van der Waals surface area (Å²) in [6, 6.07) is 5.72. The van der Waals surface area contributed by atoms with Gasteiger partial charge in [-0.3, -0.25) is 10.4 Å². The lowest BCUT2D eigenvalue weighted by Crippen LogP contribution is -2.12. The minimum Gasteiger partial charge on any atom is -0.364 e. The van der Waals surface area contributed by atoms with Gasteiger partial charge in [0.1, 0.15) is 5.82 Å². The Balaban J connectivity index is 2.05. The standard InChI is InChI=1S/C11H14N6/c1-8-3-2-5-13-9(8)7-15-10-4-6-14-11(16-10)17-12/h2-6H,7,12H2,1H3,(H2,14,15,16,17). The van der Waals surface area contributed by atoms with Crippen molar-refractivity contribution in [3.63, 3.8) is 0 Å². The summed E-state index contributed by atoms with van der Waals surface area (Å²) in [4.78, 5) is 12.4. The van der Waals surface area contributed by atoms with Crippen LogP contribution in [0.15, 0.2) is 30.6 Å². The molecule has 4 N–H and O–H groups in total. The smallest absolute Gasteiger partial charge is 0.239 e. The fraction of sp³-hybridized carbons (Fsp3) is 0.182. The van der Waals surface area contributed by atoms with E-state index in [0.29, 0.717) is 18.3 Å². The van der Waals surface area contributed by atoms with Crippen molar-refractivity contribution in [2.75, 3.05) is 10.7 Å². The highest BCUT2D eigenvalue weighted by Crippen LogP contribution is 2.08. The molecule has 17 heavy (non-hydrogen) atoms. The molecule has 0 aliphatic carbocycles. The van der Waals surface area contributed by atoms with E-state index in [0.717, 1.165) is 11.3 Å². The van der Waals surface area contributed by atoms with E-state index in [9.17, 15) is 0 Å². The molecule has 2 rings (SSSR count). The number of nitrogen functional groups attached to an aromatic ring is 1. The van der Waals surface area contributed by atoms with Crippen LogP contribution in [0.5, 0.6) is 0 Å². The quantitative estimate of drug-likeness (QED) is 0.538. The Kier molecular flexibility index (Phi) is 3.46. The molecular formula is C11H14N6. The molecule has 0 fully saturated rings. The number of nitrogens with zero attached hydrogens (tertiary/aromatic N) is 3. The number of anilines is 2. The molecule has 0 bridgehead atoms. The summed E-state index contributed by atoms with van der Waals surface area (Å²) < 4.78 is 0. The van der Waals surface area contributed by atoms with E-state index in [2.05, 4.69) is 25.7 Å². The topological polar surface area (TPSA) is 88.8 Å². The molecule has 0 aliphatic heterocycles. The van der Waals surface area contributed by atoms with Crippen molar-refractivity contribution < 1.29 is 0 Å². The monoisotopic (exact) mass is 230 g/mol. The molecule has 2 aromatic heterocycles. The molecule has 0 saturated carbocycles. The third kappa shape index (κ3) is 2.88. The Bertz CT molecular complexity index is 499. The molecule has 0 unspecified atom stereocenters. The van der Waals surface area contributed by atoms with Crippen molar-refractivity contribution in [1.29, 1.82) is 0 Å². The first-order chi connectivity index (χ1) is 8.29. The van der Waals surface area contributed by atoms with Gasteiger partial charge >= 0.3 is 0 Å². The number of hydrogen-bond donors (Lipinski definition) is 3. The van der Waals surface area contributed by atoms with Crippen LogP contribution in [-0.2, 0) is 6.54 Å². The third-order valence-corrected chi connectivity index (χ3v) is 2.34. The second-order valence-corrected chi connectivity index (χ2v) is 3.53. The van der Waals surface area contributed by atoms with Gasteiger partial charge in [0.15, 0.2) is 0 Å². The highest BCUT2D eigenvalue weighted by molar-refractivity contribution is 5.39. The summed E-state index contributed by atoms with van der Waals surface area (Å²) in [5, 5.41) is 3.17. The lowest BCUT2D eigenvalue weighted by molar-refractivity contribution is 0.997. The Morgan fingerprint density at radius 3 is 2.88 bits per heavy atom. The Hall–Kier alpha value is -2.21. The van der Waals surface area contributed by atoms with Crippen molar-refractivity contribution in [3.05, 3.63) is 41.9 Å². The number of pyridine rings is 1. The highest BCUT2D eigenvalue weighted by Gasteiger charge is 2.00. The maximum absolute atomic E-state index is 5.23. The van der Waals surface area contributed by atoms with Crippen LogP contribution < -0.4 is 16.6 Å². The van der Waals surface area contributed by atoms with Crippen LogP contribution in [0.25, 0.3) is 0 Å². The summed E-state index contributed by atoms with van der Waals surface area (Å²) in [6.07, 6.45) is 3.41. The van der Waals surface area contributed by atoms with E-state index in [1.807, 2.05) is 19.1 Å². The normalized spacial score (nSPS) is 10.0. The Morgan fingerprint density at radius 2 is 2.12 bits per heavy atom. The Labute approximate surface area is 99.3 Å². The maximum atomic E-state index is 5.23. The summed E-state index contributed by atoms with van der Waals surface area (Å²) >= 11 is 0. The minimum absolute atomic E-state index is 0.382. The summed E-state index contributed by atoms with van der Waals surface area (Å²) in [5.41, 5.74) is 4.54. The molecule has 0 radical (unpaired) electrons. The van der Waals surface area contributed by atoms with Crippen molar-refractivity contribution in [2.45, 2.75) is 13.5 Å². The SMILES string of the molecule is Cc1cccnc1CNc1ccnc(NN)n1. The van der Waals surface area contributed by atoms with Gasteiger partial charge in [0.05, 0.1) is 12.2 Å². The van der Waals surface area contributed by atoms with Crippen molar-refractivity contribution in [3.8, 4) is 0 Å². The van der Waals surface area contributed by atoms with Crippen molar-refractivity contribution in [2.24, 2.45) is 5.84 Å². The van der Waals surface area contributed by atoms with E-state index in [1.54, 1.807) is 18.5 Å². The maximum Gasteiger partial charge on any atom is 0.239 e. The number of hydrazine groups is 1. The van der Waals surface area contributed by atoms with Gasteiger partial charge in [-0.25, -0.2) is 10.8 Å². The van der Waals surface area contributed by atoms with Crippen LogP contribution >= 0.6 is 0 Å². The van der Waals surface area contributed by atoms with Crippen LogP contribution in [0.3, 0.4) is 0 Å². The number of rotatable bonds is 4. The molecule has 6 nitrogen and oxygen atoms in total. The lowest BCUT2D eigenvalue weighted by atomic mass is 10.2. The average molecular weight is 230 g/mol. The van der Waals surface area contributed by atoms with E-state index in [1.165, 1.54) is 0 Å². The van der Waals surface area contributed by atoms with E-state index in [4.69, 9.17) is 5.84 Å². The molecule has 0 aromatic carbocycles. The van der Waals surface area contributed by atoms with Crippen molar-refractivity contribution >= 4 is 11.8 Å². The number of hydrogen-bond acceptors (Lipinski definition) is 6. The number of nitrogens with one attached hydrogen (secondary N) is 2.